The smallest absolute Gasteiger partial charge is 0.337 e. The number of fused-ring (bicyclic) bond motifs is 5. The summed E-state index contributed by atoms with van der Waals surface area (Å²) in [5.41, 5.74) is 0.0831. The number of carbonyl (C=O) groups excluding carboxylic acids is 2. The first-order valence-electron chi connectivity index (χ1n) is 6.73. The van der Waals surface area contributed by atoms with E-state index in [-0.39, 0.29) is 40.3 Å². The first kappa shape index (κ1) is 13.5. The number of nitrogens with zero attached hydrogens (tertiary/aromatic N) is 1. The number of ether oxygens (including phenoxy) is 1. The standard InChI is InChI=1S/C15H10ClNO5/c16-8-2-1-6(5-7(8)15(20)21)17-13(18)11-9-3-4-10(22-9)12(11)14(17)19/h1-5,9-12H,(H,20,21)/t9-,10-,11-,12+/m0/s1. The van der Waals surface area contributed by atoms with Crippen molar-refractivity contribution < 1.29 is 24.2 Å². The van der Waals surface area contributed by atoms with Crippen LogP contribution in [-0.2, 0) is 14.3 Å². The van der Waals surface area contributed by atoms with Crippen molar-refractivity contribution in [1.29, 1.82) is 0 Å². The minimum atomic E-state index is -1.21. The summed E-state index contributed by atoms with van der Waals surface area (Å²) in [5.74, 6) is -2.97. The molecule has 2 saturated heterocycles. The highest BCUT2D eigenvalue weighted by atomic mass is 35.5. The monoisotopic (exact) mass is 319 g/mol. The molecule has 3 heterocycles. The van der Waals surface area contributed by atoms with Crippen molar-refractivity contribution in [3.63, 3.8) is 0 Å². The Bertz CT molecular complexity index is 728. The molecule has 0 saturated carbocycles. The number of amides is 2. The van der Waals surface area contributed by atoms with Gasteiger partial charge in [0.2, 0.25) is 11.8 Å². The molecule has 6 nitrogen and oxygen atoms in total. The van der Waals surface area contributed by atoms with Crippen molar-refractivity contribution in [2.24, 2.45) is 11.8 Å². The first-order valence-corrected chi connectivity index (χ1v) is 7.11. The van der Waals surface area contributed by atoms with E-state index >= 15 is 0 Å². The Labute approximate surface area is 129 Å². The van der Waals surface area contributed by atoms with Gasteiger partial charge < -0.3 is 9.84 Å². The maximum absolute atomic E-state index is 12.6. The van der Waals surface area contributed by atoms with E-state index in [1.54, 1.807) is 12.2 Å². The summed E-state index contributed by atoms with van der Waals surface area (Å²) in [6.45, 7) is 0. The third kappa shape index (κ3) is 1.62. The highest BCUT2D eigenvalue weighted by Gasteiger charge is 2.61. The number of aromatic carboxylic acids is 1. The van der Waals surface area contributed by atoms with Gasteiger partial charge in [-0.2, -0.15) is 0 Å². The molecule has 112 valence electrons. The van der Waals surface area contributed by atoms with Crippen LogP contribution in [0.3, 0.4) is 0 Å². The second kappa shape index (κ2) is 4.41. The fourth-order valence-corrected chi connectivity index (χ4v) is 3.57. The molecule has 0 radical (unpaired) electrons. The van der Waals surface area contributed by atoms with Crippen LogP contribution >= 0.6 is 11.6 Å². The van der Waals surface area contributed by atoms with E-state index in [4.69, 9.17) is 21.4 Å². The highest BCUT2D eigenvalue weighted by molar-refractivity contribution is 6.34. The van der Waals surface area contributed by atoms with Crippen molar-refractivity contribution in [3.05, 3.63) is 40.9 Å². The second-order valence-electron chi connectivity index (χ2n) is 5.48. The predicted octanol–water partition coefficient (Wildman–Crippen LogP) is 1.48. The van der Waals surface area contributed by atoms with Gasteiger partial charge >= 0.3 is 5.97 Å². The van der Waals surface area contributed by atoms with Gasteiger partial charge in [0.1, 0.15) is 0 Å². The van der Waals surface area contributed by atoms with E-state index < -0.39 is 17.8 Å². The molecule has 0 unspecified atom stereocenters. The fourth-order valence-electron chi connectivity index (χ4n) is 3.37. The zero-order valence-corrected chi connectivity index (χ0v) is 11.9. The van der Waals surface area contributed by atoms with Crippen LogP contribution in [-0.4, -0.2) is 35.1 Å². The van der Waals surface area contributed by atoms with E-state index in [0.29, 0.717) is 0 Å². The van der Waals surface area contributed by atoms with Gasteiger partial charge in [-0.3, -0.25) is 9.59 Å². The number of imide groups is 1. The van der Waals surface area contributed by atoms with E-state index in [2.05, 4.69) is 0 Å². The van der Waals surface area contributed by atoms with E-state index in [0.717, 1.165) is 4.90 Å². The lowest BCUT2D eigenvalue weighted by atomic mass is 9.85. The molecular weight excluding hydrogens is 310 g/mol. The molecule has 22 heavy (non-hydrogen) atoms. The molecule has 1 aromatic carbocycles. The van der Waals surface area contributed by atoms with Crippen LogP contribution in [0.2, 0.25) is 5.02 Å². The van der Waals surface area contributed by atoms with E-state index in [1.807, 2.05) is 0 Å². The van der Waals surface area contributed by atoms with Gasteiger partial charge in [-0.15, -0.1) is 0 Å². The average molecular weight is 320 g/mol. The van der Waals surface area contributed by atoms with Crippen LogP contribution in [0, 0.1) is 11.8 Å². The normalized spacial score (nSPS) is 32.0. The van der Waals surface area contributed by atoms with Gasteiger partial charge in [0.15, 0.2) is 0 Å². The van der Waals surface area contributed by atoms with Crippen molar-refractivity contribution >= 4 is 35.1 Å². The van der Waals surface area contributed by atoms with Gasteiger partial charge in [0, 0.05) is 0 Å². The maximum atomic E-state index is 12.6. The summed E-state index contributed by atoms with van der Waals surface area (Å²) < 4.78 is 5.55. The van der Waals surface area contributed by atoms with Crippen molar-refractivity contribution in [2.45, 2.75) is 12.2 Å². The van der Waals surface area contributed by atoms with Crippen molar-refractivity contribution in [1.82, 2.24) is 0 Å². The van der Waals surface area contributed by atoms with E-state index in [1.165, 1.54) is 18.2 Å². The summed E-state index contributed by atoms with van der Waals surface area (Å²) >= 11 is 5.82. The molecular formula is C15H10ClNO5. The zero-order valence-electron chi connectivity index (χ0n) is 11.1. The lowest BCUT2D eigenvalue weighted by molar-refractivity contribution is -0.124. The Hall–Kier alpha value is -2.18. The Balaban J connectivity index is 1.76. The highest BCUT2D eigenvalue weighted by Crippen LogP contribution is 2.46. The molecule has 1 N–H and O–H groups in total. The number of carboxylic acids is 1. The quantitative estimate of drug-likeness (QED) is 0.659. The molecule has 3 aliphatic rings. The third-order valence-corrected chi connectivity index (χ3v) is 4.68. The van der Waals surface area contributed by atoms with E-state index in [9.17, 15) is 14.4 Å². The minimum Gasteiger partial charge on any atom is -0.478 e. The van der Waals surface area contributed by atoms with Crippen molar-refractivity contribution in [3.8, 4) is 0 Å². The topological polar surface area (TPSA) is 83.9 Å². The number of hydrogen-bond acceptors (Lipinski definition) is 4. The Kier molecular flexibility index (Phi) is 2.70. The predicted molar refractivity (Wildman–Crippen MR) is 75.7 cm³/mol. The minimum absolute atomic E-state index is 0.0561. The summed E-state index contributed by atoms with van der Waals surface area (Å²) in [5, 5.41) is 9.17. The Morgan fingerprint density at radius 3 is 2.27 bits per heavy atom. The van der Waals surface area contributed by atoms with Crippen LogP contribution in [0.1, 0.15) is 10.4 Å². The van der Waals surface area contributed by atoms with Gasteiger partial charge in [0.25, 0.3) is 0 Å². The molecule has 4 atom stereocenters. The number of anilines is 1. The summed E-state index contributed by atoms with van der Waals surface area (Å²) in [6, 6.07) is 4.10. The van der Waals surface area contributed by atoms with Crippen LogP contribution < -0.4 is 4.90 Å². The molecule has 2 bridgehead atoms. The van der Waals surface area contributed by atoms with Crippen LogP contribution in [0.5, 0.6) is 0 Å². The molecule has 1 aromatic rings. The van der Waals surface area contributed by atoms with Gasteiger partial charge in [-0.25, -0.2) is 9.69 Å². The maximum Gasteiger partial charge on any atom is 0.337 e. The third-order valence-electron chi connectivity index (χ3n) is 4.35. The Morgan fingerprint density at radius 2 is 1.73 bits per heavy atom. The van der Waals surface area contributed by atoms with Gasteiger partial charge in [-0.1, -0.05) is 23.8 Å². The summed E-state index contributed by atoms with van der Waals surface area (Å²) in [4.78, 5) is 37.3. The number of benzene rings is 1. The van der Waals surface area contributed by atoms with Gasteiger partial charge in [0.05, 0.1) is 40.3 Å². The van der Waals surface area contributed by atoms with Gasteiger partial charge in [-0.05, 0) is 18.2 Å². The van der Waals surface area contributed by atoms with Crippen LogP contribution in [0.4, 0.5) is 5.69 Å². The summed E-state index contributed by atoms with van der Waals surface area (Å²) in [6.07, 6.45) is 2.85. The molecule has 4 rings (SSSR count). The average Bonchev–Trinajstić information content (AvgIpc) is 3.14. The molecule has 3 aliphatic heterocycles. The van der Waals surface area contributed by atoms with Crippen LogP contribution in [0.25, 0.3) is 0 Å². The number of hydrogen-bond donors (Lipinski definition) is 1. The number of carboxylic acid groups (broad SMARTS) is 1. The largest absolute Gasteiger partial charge is 0.478 e. The van der Waals surface area contributed by atoms with Crippen molar-refractivity contribution in [2.75, 3.05) is 4.90 Å². The van der Waals surface area contributed by atoms with Crippen LogP contribution in [0.15, 0.2) is 30.4 Å². The molecule has 2 amide bonds. The zero-order chi connectivity index (χ0) is 15.6. The summed E-state index contributed by atoms with van der Waals surface area (Å²) in [7, 11) is 0. The molecule has 7 heteroatoms. The second-order valence-corrected chi connectivity index (χ2v) is 5.89. The molecule has 2 fully saturated rings. The first-order chi connectivity index (χ1) is 10.5. The lowest BCUT2D eigenvalue weighted by Gasteiger charge is -2.18. The lowest BCUT2D eigenvalue weighted by Crippen LogP contribution is -2.34. The molecule has 0 aromatic heterocycles. The number of rotatable bonds is 2. The number of carbonyl (C=O) groups is 3. The fraction of sp³-hybridized carbons (Fsp3) is 0.267. The Morgan fingerprint density at radius 1 is 1.14 bits per heavy atom. The molecule has 0 spiro atoms. The number of halogens is 1. The SMILES string of the molecule is O=C(O)c1cc(N2C(=O)[C@@H]3[C@H](C2=O)[C@@H]2C=C[C@@H]3O2)ccc1Cl. The molecule has 0 aliphatic carbocycles.